The van der Waals surface area contributed by atoms with Gasteiger partial charge in [-0.15, -0.1) is 11.3 Å². The van der Waals surface area contributed by atoms with E-state index in [-0.39, 0.29) is 0 Å². The highest BCUT2D eigenvalue weighted by atomic mass is 32.1. The van der Waals surface area contributed by atoms with Crippen molar-refractivity contribution in [3.05, 3.63) is 231 Å². The molecule has 0 aliphatic rings. The van der Waals surface area contributed by atoms with Crippen LogP contribution in [0.4, 0.5) is 17.1 Å². The Morgan fingerprint density at radius 1 is 0.317 bits per heavy atom. The Balaban J connectivity index is 0.907. The zero-order valence-corrected chi connectivity index (χ0v) is 35.1. The Hall–Kier alpha value is -7.98. The van der Waals surface area contributed by atoms with Gasteiger partial charge < -0.3 is 9.30 Å². The van der Waals surface area contributed by atoms with E-state index in [0.717, 1.165) is 17.1 Å². The maximum atomic E-state index is 2.41. The van der Waals surface area contributed by atoms with Crippen LogP contribution in [-0.2, 0) is 0 Å². The van der Waals surface area contributed by atoms with E-state index in [0.29, 0.717) is 0 Å². The van der Waals surface area contributed by atoms with Crippen LogP contribution in [0, 0.1) is 0 Å². The van der Waals surface area contributed by atoms with E-state index < -0.39 is 0 Å². The molecule has 0 unspecified atom stereocenters. The van der Waals surface area contributed by atoms with Crippen molar-refractivity contribution >= 4 is 97.3 Å². The van der Waals surface area contributed by atoms with Crippen molar-refractivity contribution in [1.29, 1.82) is 0 Å². The number of thiophene rings is 1. The van der Waals surface area contributed by atoms with Gasteiger partial charge in [-0.05, 0) is 127 Å². The second-order valence-corrected chi connectivity index (χ2v) is 17.6. The summed E-state index contributed by atoms with van der Waals surface area (Å²) >= 11 is 1.86. The Labute approximate surface area is 368 Å². The highest BCUT2D eigenvalue weighted by Crippen LogP contribution is 2.44. The van der Waals surface area contributed by atoms with Crippen LogP contribution >= 0.6 is 11.3 Å². The van der Waals surface area contributed by atoms with Gasteiger partial charge in [0.05, 0.1) is 11.0 Å². The molecule has 3 heteroatoms. The zero-order chi connectivity index (χ0) is 41.4. The molecule has 0 aliphatic heterocycles. The molecule has 0 spiro atoms. The molecule has 0 amide bonds. The van der Waals surface area contributed by atoms with E-state index in [1.54, 1.807) is 0 Å². The number of hydrogen-bond donors (Lipinski definition) is 0. The Bertz CT molecular complexity index is 3910. The summed E-state index contributed by atoms with van der Waals surface area (Å²) in [4.78, 5) is 2.41. The number of nitrogens with zero attached hydrogens (tertiary/aromatic N) is 2. The molecule has 63 heavy (non-hydrogen) atoms. The zero-order valence-electron chi connectivity index (χ0n) is 34.2. The normalized spacial score (nSPS) is 11.8. The summed E-state index contributed by atoms with van der Waals surface area (Å²) in [7, 11) is 0. The van der Waals surface area contributed by atoms with Gasteiger partial charge in [0.25, 0.3) is 0 Å². The summed E-state index contributed by atoms with van der Waals surface area (Å²) in [5, 5.41) is 11.4. The number of pyridine rings is 1. The number of hydrogen-bond acceptors (Lipinski definition) is 2. The van der Waals surface area contributed by atoms with Gasteiger partial charge in [-0.1, -0.05) is 158 Å². The quantitative estimate of drug-likeness (QED) is 0.152. The molecule has 3 heterocycles. The summed E-state index contributed by atoms with van der Waals surface area (Å²) in [6, 6.07) is 82.5. The van der Waals surface area contributed by atoms with Gasteiger partial charge >= 0.3 is 0 Å². The van der Waals surface area contributed by atoms with Gasteiger partial charge in [-0.25, -0.2) is 0 Å². The lowest BCUT2D eigenvalue weighted by atomic mass is 9.98. The largest absolute Gasteiger partial charge is 0.315 e. The van der Waals surface area contributed by atoms with E-state index >= 15 is 0 Å². The molecule has 3 aromatic heterocycles. The monoisotopic (exact) mass is 818 g/mol. The van der Waals surface area contributed by atoms with Gasteiger partial charge in [-0.3, -0.25) is 0 Å². The van der Waals surface area contributed by atoms with Crippen LogP contribution in [0.25, 0.3) is 102 Å². The first-order valence-electron chi connectivity index (χ1n) is 21.6. The molecule has 10 aromatic carbocycles. The fourth-order valence-electron chi connectivity index (χ4n) is 9.94. The minimum Gasteiger partial charge on any atom is -0.315 e. The minimum absolute atomic E-state index is 1.11. The number of anilines is 3. The molecule has 2 nitrogen and oxygen atoms in total. The van der Waals surface area contributed by atoms with Gasteiger partial charge in [0.2, 0.25) is 0 Å². The molecule has 0 saturated carbocycles. The summed E-state index contributed by atoms with van der Waals surface area (Å²) < 4.78 is 5.00. The van der Waals surface area contributed by atoms with Crippen molar-refractivity contribution in [2.24, 2.45) is 0 Å². The van der Waals surface area contributed by atoms with Crippen LogP contribution in [0.2, 0.25) is 0 Å². The summed E-state index contributed by atoms with van der Waals surface area (Å²) in [6.07, 6.45) is 2.32. The fourth-order valence-corrected chi connectivity index (χ4v) is 11.0. The summed E-state index contributed by atoms with van der Waals surface area (Å²) in [5.41, 5.74) is 13.0. The third-order valence-corrected chi connectivity index (χ3v) is 14.1. The van der Waals surface area contributed by atoms with Crippen LogP contribution in [0.15, 0.2) is 231 Å². The van der Waals surface area contributed by atoms with Crippen LogP contribution in [0.3, 0.4) is 0 Å². The molecule has 0 aliphatic carbocycles. The molecule has 13 rings (SSSR count). The van der Waals surface area contributed by atoms with Crippen molar-refractivity contribution in [3.8, 4) is 33.4 Å². The van der Waals surface area contributed by atoms with Gasteiger partial charge in [0.15, 0.2) is 0 Å². The lowest BCUT2D eigenvalue weighted by molar-refractivity contribution is 1.26. The van der Waals surface area contributed by atoms with E-state index in [4.69, 9.17) is 0 Å². The van der Waals surface area contributed by atoms with Crippen LogP contribution < -0.4 is 4.90 Å². The van der Waals surface area contributed by atoms with Gasteiger partial charge in [0.1, 0.15) is 0 Å². The fraction of sp³-hybridized carbons (Fsp3) is 0. The van der Waals surface area contributed by atoms with Crippen LogP contribution in [-0.4, -0.2) is 4.40 Å². The highest BCUT2D eigenvalue weighted by Gasteiger charge is 2.19. The molecular formula is C60H38N2S. The first kappa shape index (κ1) is 35.7. The Morgan fingerprint density at radius 3 is 1.76 bits per heavy atom. The number of aromatic nitrogens is 1. The number of fused-ring (bicyclic) bond motifs is 11. The molecule has 13 aromatic rings. The predicted octanol–water partition coefficient (Wildman–Crippen LogP) is 17.4. The van der Waals surface area contributed by atoms with Crippen molar-refractivity contribution < 1.29 is 0 Å². The number of rotatable bonds is 6. The van der Waals surface area contributed by atoms with Gasteiger partial charge in [0, 0.05) is 54.4 Å². The smallest absolute Gasteiger partial charge is 0.0541 e. The van der Waals surface area contributed by atoms with E-state index in [9.17, 15) is 0 Å². The van der Waals surface area contributed by atoms with Crippen molar-refractivity contribution in [3.63, 3.8) is 0 Å². The molecule has 0 bridgehead atoms. The average Bonchev–Trinajstić information content (AvgIpc) is 3.90. The molecule has 294 valence electrons. The minimum atomic E-state index is 1.11. The molecule has 0 saturated heterocycles. The van der Waals surface area contributed by atoms with E-state index in [2.05, 4.69) is 240 Å². The number of benzene rings is 10. The van der Waals surface area contributed by atoms with Crippen LogP contribution in [0.1, 0.15) is 0 Å². The average molecular weight is 819 g/mol. The third-order valence-electron chi connectivity index (χ3n) is 12.9. The molecule has 0 radical (unpaired) electrons. The van der Waals surface area contributed by atoms with E-state index in [1.165, 1.54) is 102 Å². The van der Waals surface area contributed by atoms with Crippen LogP contribution in [0.5, 0.6) is 0 Å². The topological polar surface area (TPSA) is 7.65 Å². The van der Waals surface area contributed by atoms with Crippen molar-refractivity contribution in [2.45, 2.75) is 0 Å². The second kappa shape index (κ2) is 14.3. The van der Waals surface area contributed by atoms with Crippen molar-refractivity contribution in [1.82, 2.24) is 4.40 Å². The predicted molar refractivity (Wildman–Crippen MR) is 271 cm³/mol. The van der Waals surface area contributed by atoms with Crippen molar-refractivity contribution in [2.75, 3.05) is 4.90 Å². The summed E-state index contributed by atoms with van der Waals surface area (Å²) in [5.74, 6) is 0. The Kier molecular flexibility index (Phi) is 8.12. The maximum absolute atomic E-state index is 2.41. The molecule has 0 atom stereocenters. The molecule has 0 N–H and O–H groups in total. The van der Waals surface area contributed by atoms with E-state index in [1.807, 2.05) is 11.3 Å². The van der Waals surface area contributed by atoms with Gasteiger partial charge in [-0.2, -0.15) is 0 Å². The molecule has 0 fully saturated rings. The first-order valence-corrected chi connectivity index (χ1v) is 22.4. The third kappa shape index (κ3) is 5.85. The molecular weight excluding hydrogens is 781 g/mol. The lowest BCUT2D eigenvalue weighted by Crippen LogP contribution is -2.09. The standard InChI is InChI=1S/C60H38N2S/c1-2-13-42(14-3-1)59-55-33-26-46(38-61(55)56-32-25-41-12-5-7-18-52(41)60(56)59)44-16-10-15-43(35-44)39-23-27-47(28-24-39)62(49-30-34-58-54(37-49)53-19-8-9-20-57(53)63-58)48-29-31-51-45(36-48)22-21-40-11-4-6-17-50(40)51/h1-38H. The highest BCUT2D eigenvalue weighted by molar-refractivity contribution is 7.25. The summed E-state index contributed by atoms with van der Waals surface area (Å²) in [6.45, 7) is 0. The maximum Gasteiger partial charge on any atom is 0.0541 e. The lowest BCUT2D eigenvalue weighted by Gasteiger charge is -2.26. The SMILES string of the molecule is c1ccc(-c2c3c4ccccc4ccc3n3cc(-c4cccc(-c5ccc(N(c6ccc7c(ccc8ccccc87)c6)c6ccc7sc8ccccc8c7c6)cc5)c4)ccc23)cc1. The second-order valence-electron chi connectivity index (χ2n) is 16.5. The first-order chi connectivity index (χ1) is 31.2. The Morgan fingerprint density at radius 2 is 0.905 bits per heavy atom.